The number of nitrogens with one attached hydrogen (secondary N) is 1. The Bertz CT molecular complexity index is 519. The second-order valence-electron chi connectivity index (χ2n) is 3.80. The first kappa shape index (κ1) is 15.7. The zero-order valence-electron chi connectivity index (χ0n) is 9.98. The summed E-state index contributed by atoms with van der Waals surface area (Å²) in [6.07, 6.45) is -4.74. The summed E-state index contributed by atoms with van der Waals surface area (Å²) in [6, 6.07) is 0.793. The molecule has 1 rings (SSSR count). The van der Waals surface area contributed by atoms with E-state index in [1.54, 1.807) is 0 Å². The van der Waals surface area contributed by atoms with Crippen LogP contribution < -0.4 is 5.32 Å². The summed E-state index contributed by atoms with van der Waals surface area (Å²) in [5.41, 5.74) is -0.977. The fourth-order valence-electron chi connectivity index (χ4n) is 1.35. The van der Waals surface area contributed by atoms with Crippen LogP contribution in [0.5, 0.6) is 0 Å². The maximum Gasteiger partial charge on any atom is 0.389 e. The summed E-state index contributed by atoms with van der Waals surface area (Å²) in [5, 5.41) is 21.8. The van der Waals surface area contributed by atoms with E-state index in [0.717, 1.165) is 12.3 Å². The van der Waals surface area contributed by atoms with Crippen molar-refractivity contribution in [2.75, 3.05) is 11.9 Å². The van der Waals surface area contributed by atoms with Gasteiger partial charge in [-0.1, -0.05) is 0 Å². The molecule has 7 nitrogen and oxygen atoms in total. The highest BCUT2D eigenvalue weighted by Crippen LogP contribution is 2.22. The largest absolute Gasteiger partial charge is 0.478 e. The van der Waals surface area contributed by atoms with Crippen molar-refractivity contribution in [3.63, 3.8) is 0 Å². The monoisotopic (exact) mass is 293 g/mol. The van der Waals surface area contributed by atoms with Gasteiger partial charge in [-0.15, -0.1) is 0 Å². The fraction of sp³-hybridized carbons (Fsp3) is 0.400. The van der Waals surface area contributed by atoms with E-state index in [1.807, 2.05) is 0 Å². The van der Waals surface area contributed by atoms with Crippen LogP contribution >= 0.6 is 0 Å². The molecule has 0 bridgehead atoms. The summed E-state index contributed by atoms with van der Waals surface area (Å²) in [7, 11) is 0. The van der Waals surface area contributed by atoms with Gasteiger partial charge >= 0.3 is 12.1 Å². The first-order valence-corrected chi connectivity index (χ1v) is 5.39. The number of alkyl halides is 3. The Hall–Kier alpha value is -2.39. The molecule has 0 aliphatic heterocycles. The van der Waals surface area contributed by atoms with Gasteiger partial charge in [0.25, 0.3) is 5.69 Å². The van der Waals surface area contributed by atoms with Crippen LogP contribution in [0.4, 0.5) is 24.7 Å². The van der Waals surface area contributed by atoms with Crippen LogP contribution in [0.1, 0.15) is 23.2 Å². The van der Waals surface area contributed by atoms with E-state index in [2.05, 4.69) is 10.3 Å². The molecule has 2 N–H and O–H groups in total. The molecule has 0 saturated carbocycles. The highest BCUT2D eigenvalue weighted by atomic mass is 19.4. The minimum atomic E-state index is -4.29. The Morgan fingerprint density at radius 1 is 1.50 bits per heavy atom. The van der Waals surface area contributed by atoms with E-state index < -0.39 is 34.7 Å². The van der Waals surface area contributed by atoms with Crippen molar-refractivity contribution < 1.29 is 28.0 Å². The SMILES string of the molecule is O=C(O)c1cc([N+](=O)[O-])cnc1NCCCC(F)(F)F. The van der Waals surface area contributed by atoms with E-state index in [9.17, 15) is 28.1 Å². The van der Waals surface area contributed by atoms with Gasteiger partial charge in [-0.3, -0.25) is 10.1 Å². The Morgan fingerprint density at radius 3 is 2.65 bits per heavy atom. The van der Waals surface area contributed by atoms with E-state index in [0.29, 0.717) is 0 Å². The number of aromatic nitrogens is 1. The van der Waals surface area contributed by atoms with E-state index in [4.69, 9.17) is 5.11 Å². The lowest BCUT2D eigenvalue weighted by Crippen LogP contribution is -2.13. The number of hydrogen-bond donors (Lipinski definition) is 2. The summed E-state index contributed by atoms with van der Waals surface area (Å²) < 4.78 is 35.8. The van der Waals surface area contributed by atoms with Crippen molar-refractivity contribution in [2.24, 2.45) is 0 Å². The maximum absolute atomic E-state index is 11.9. The molecule has 1 aromatic rings. The number of carbonyl (C=O) groups is 1. The van der Waals surface area contributed by atoms with Crippen molar-refractivity contribution >= 4 is 17.5 Å². The number of carboxylic acid groups (broad SMARTS) is 1. The van der Waals surface area contributed by atoms with Crippen molar-refractivity contribution in [1.29, 1.82) is 0 Å². The Kier molecular flexibility index (Phi) is 4.83. The minimum Gasteiger partial charge on any atom is -0.478 e. The predicted octanol–water partition coefficient (Wildman–Crippen LogP) is 2.44. The zero-order valence-corrected chi connectivity index (χ0v) is 9.98. The molecule has 110 valence electrons. The molecule has 0 unspecified atom stereocenters. The number of halogens is 3. The predicted molar refractivity (Wildman–Crippen MR) is 61.6 cm³/mol. The third kappa shape index (κ3) is 4.71. The van der Waals surface area contributed by atoms with Crippen LogP contribution in [-0.4, -0.2) is 33.7 Å². The molecule has 20 heavy (non-hydrogen) atoms. The molecule has 0 fully saturated rings. The Labute approximate surface area is 110 Å². The number of hydrogen-bond acceptors (Lipinski definition) is 5. The number of aromatic carboxylic acids is 1. The number of nitro groups is 1. The topological polar surface area (TPSA) is 105 Å². The summed E-state index contributed by atoms with van der Waals surface area (Å²) in [4.78, 5) is 24.1. The summed E-state index contributed by atoms with van der Waals surface area (Å²) in [6.45, 7) is -0.148. The van der Waals surface area contributed by atoms with E-state index >= 15 is 0 Å². The van der Waals surface area contributed by atoms with Gasteiger partial charge in [0, 0.05) is 19.0 Å². The van der Waals surface area contributed by atoms with E-state index in [1.165, 1.54) is 0 Å². The molecule has 0 radical (unpaired) electrons. The van der Waals surface area contributed by atoms with Gasteiger partial charge in [0.2, 0.25) is 0 Å². The molecular formula is C10H10F3N3O4. The normalized spacial score (nSPS) is 11.2. The Balaban J connectivity index is 2.75. The summed E-state index contributed by atoms with van der Waals surface area (Å²) >= 11 is 0. The second-order valence-corrected chi connectivity index (χ2v) is 3.80. The molecule has 0 atom stereocenters. The van der Waals surface area contributed by atoms with Crippen molar-refractivity contribution in [3.8, 4) is 0 Å². The van der Waals surface area contributed by atoms with Crippen LogP contribution in [0.3, 0.4) is 0 Å². The maximum atomic E-state index is 11.9. The van der Waals surface area contributed by atoms with Crippen molar-refractivity contribution in [3.05, 3.63) is 27.9 Å². The smallest absolute Gasteiger partial charge is 0.389 e. The van der Waals surface area contributed by atoms with Gasteiger partial charge < -0.3 is 10.4 Å². The first-order valence-electron chi connectivity index (χ1n) is 5.39. The van der Waals surface area contributed by atoms with Gasteiger partial charge in [0.05, 0.1) is 4.92 Å². The van der Waals surface area contributed by atoms with Gasteiger partial charge in [-0.25, -0.2) is 9.78 Å². The van der Waals surface area contributed by atoms with Gasteiger partial charge in [0.15, 0.2) is 0 Å². The lowest BCUT2D eigenvalue weighted by molar-refractivity contribution is -0.385. The lowest BCUT2D eigenvalue weighted by atomic mass is 10.2. The molecule has 0 saturated heterocycles. The first-order chi connectivity index (χ1) is 9.20. The molecule has 10 heteroatoms. The standard InChI is InChI=1S/C10H10F3N3O4/c11-10(12,13)2-1-3-14-8-7(9(17)18)4-6(5-15-8)16(19)20/h4-5H,1-3H2,(H,14,15)(H,17,18). The fourth-order valence-corrected chi connectivity index (χ4v) is 1.35. The van der Waals surface area contributed by atoms with Gasteiger partial charge in [-0.2, -0.15) is 13.2 Å². The van der Waals surface area contributed by atoms with Crippen LogP contribution in [-0.2, 0) is 0 Å². The van der Waals surface area contributed by atoms with Crippen LogP contribution in [0, 0.1) is 10.1 Å². The lowest BCUT2D eigenvalue weighted by Gasteiger charge is -2.09. The highest BCUT2D eigenvalue weighted by Gasteiger charge is 2.26. The average molecular weight is 293 g/mol. The number of pyridine rings is 1. The molecular weight excluding hydrogens is 283 g/mol. The number of rotatable bonds is 6. The third-order valence-corrected chi connectivity index (χ3v) is 2.24. The molecule has 0 amide bonds. The molecule has 1 heterocycles. The molecule has 0 aromatic carbocycles. The number of nitrogens with zero attached hydrogens (tertiary/aromatic N) is 2. The molecule has 1 aromatic heterocycles. The quantitative estimate of drug-likeness (QED) is 0.474. The average Bonchev–Trinajstić information content (AvgIpc) is 2.33. The minimum absolute atomic E-state index is 0.148. The van der Waals surface area contributed by atoms with Gasteiger partial charge in [0.1, 0.15) is 17.6 Å². The molecule has 0 aliphatic carbocycles. The molecule has 0 aliphatic rings. The zero-order chi connectivity index (χ0) is 15.3. The summed E-state index contributed by atoms with van der Waals surface area (Å²) in [5.74, 6) is -1.66. The van der Waals surface area contributed by atoms with Crippen LogP contribution in [0.15, 0.2) is 12.3 Å². The third-order valence-electron chi connectivity index (χ3n) is 2.24. The Morgan fingerprint density at radius 2 is 2.15 bits per heavy atom. The van der Waals surface area contributed by atoms with Crippen molar-refractivity contribution in [2.45, 2.75) is 19.0 Å². The van der Waals surface area contributed by atoms with Crippen LogP contribution in [0.25, 0.3) is 0 Å². The molecule has 0 spiro atoms. The van der Waals surface area contributed by atoms with Gasteiger partial charge in [-0.05, 0) is 6.42 Å². The second kappa shape index (κ2) is 6.17. The van der Waals surface area contributed by atoms with Crippen molar-refractivity contribution in [1.82, 2.24) is 4.98 Å². The van der Waals surface area contributed by atoms with E-state index in [-0.39, 0.29) is 18.8 Å². The number of anilines is 1. The number of carboxylic acids is 1. The van der Waals surface area contributed by atoms with Crippen LogP contribution in [0.2, 0.25) is 0 Å². The highest BCUT2D eigenvalue weighted by molar-refractivity contribution is 5.93.